The summed E-state index contributed by atoms with van der Waals surface area (Å²) in [6.45, 7) is 8.61. The summed E-state index contributed by atoms with van der Waals surface area (Å²) in [6, 6.07) is 0. The molecule has 0 aromatic carbocycles. The van der Waals surface area contributed by atoms with Gasteiger partial charge in [-0.05, 0) is 93.6 Å². The number of hydrogen-bond donors (Lipinski definition) is 3. The minimum atomic E-state index is -1.94. The Bertz CT molecular complexity index is 1060. The Morgan fingerprint density at radius 2 is 1.87 bits per heavy atom. The quantitative estimate of drug-likeness (QED) is 0.369. The fourth-order valence-electron chi connectivity index (χ4n) is 10.3. The number of aldehydes is 1. The van der Waals surface area contributed by atoms with Crippen LogP contribution >= 0.6 is 0 Å². The average Bonchev–Trinajstić information content (AvgIpc) is 3.42. The number of aliphatic hydroxyl groups excluding tert-OH is 1. The summed E-state index contributed by atoms with van der Waals surface area (Å²) in [7, 11) is 0. The Morgan fingerprint density at radius 1 is 1.05 bits per heavy atom. The standard InChI is InChI=1S/C30H42O8/c1-16-10-18(14-35-16)20-7-9-29(33)22-5-4-19-12-23-24(13-28(19,15-31)21(22)6-8-27(20,29)3)38-30(34)25(32)11-17(2)36-26(30)37-23/h10,15,17,19-26,32-34H,1,4-9,11-14H2,2-3H3. The van der Waals surface area contributed by atoms with Crippen molar-refractivity contribution >= 4 is 6.29 Å². The molecule has 2 saturated heterocycles. The molecule has 4 saturated carbocycles. The Balaban J connectivity index is 1.18. The molecule has 13 atom stereocenters. The topological polar surface area (TPSA) is 115 Å². The van der Waals surface area contributed by atoms with Crippen LogP contribution < -0.4 is 0 Å². The van der Waals surface area contributed by atoms with E-state index in [1.165, 1.54) is 5.57 Å². The van der Waals surface area contributed by atoms with Gasteiger partial charge in [-0.2, -0.15) is 0 Å². The molecule has 0 aromatic heterocycles. The second-order valence-electron chi connectivity index (χ2n) is 13.7. The molecule has 7 aliphatic rings. The van der Waals surface area contributed by atoms with E-state index in [0.717, 1.165) is 44.8 Å². The molecule has 210 valence electrons. The fraction of sp³-hybridized carbons (Fsp3) is 0.833. The van der Waals surface area contributed by atoms with Crippen LogP contribution in [0.3, 0.4) is 0 Å². The summed E-state index contributed by atoms with van der Waals surface area (Å²) in [5.41, 5.74) is -0.525. The normalized spacial score (nSPS) is 57.4. The molecule has 8 heteroatoms. The van der Waals surface area contributed by atoms with E-state index >= 15 is 0 Å². The lowest BCUT2D eigenvalue weighted by molar-refractivity contribution is -0.457. The molecule has 3 N–H and O–H groups in total. The molecular formula is C30H42O8. The van der Waals surface area contributed by atoms with Crippen molar-refractivity contribution in [3.05, 3.63) is 24.0 Å². The van der Waals surface area contributed by atoms with Gasteiger partial charge in [-0.1, -0.05) is 13.5 Å². The Hall–Kier alpha value is -1.29. The largest absolute Gasteiger partial charge is 0.490 e. The SMILES string of the molecule is C=C1C=C(C2CCC3(O)C4CCC5CC6OC7OC(C)CC(O)C7(O)OC6CC5(C=O)C4CCC23C)CO1. The van der Waals surface area contributed by atoms with Crippen molar-refractivity contribution in [2.45, 2.75) is 114 Å². The second kappa shape index (κ2) is 8.37. The van der Waals surface area contributed by atoms with E-state index in [4.69, 9.17) is 18.9 Å². The summed E-state index contributed by atoms with van der Waals surface area (Å²) in [6.07, 6.45) is 6.42. The zero-order valence-corrected chi connectivity index (χ0v) is 22.5. The molecule has 4 aliphatic carbocycles. The summed E-state index contributed by atoms with van der Waals surface area (Å²) >= 11 is 0. The molecule has 6 fully saturated rings. The van der Waals surface area contributed by atoms with Crippen LogP contribution in [0.25, 0.3) is 0 Å². The van der Waals surface area contributed by atoms with E-state index in [0.29, 0.717) is 25.2 Å². The molecule has 0 spiro atoms. The number of carbonyl (C=O) groups excluding carboxylic acids is 1. The lowest BCUT2D eigenvalue weighted by Crippen LogP contribution is -2.71. The van der Waals surface area contributed by atoms with E-state index in [1.807, 2.05) is 6.92 Å². The first kappa shape index (κ1) is 25.7. The van der Waals surface area contributed by atoms with Crippen molar-refractivity contribution in [1.82, 2.24) is 0 Å². The zero-order valence-electron chi connectivity index (χ0n) is 22.5. The number of ether oxygens (including phenoxy) is 4. The molecule has 0 amide bonds. The number of hydrogen-bond acceptors (Lipinski definition) is 8. The third-order valence-corrected chi connectivity index (χ3v) is 12.2. The first-order valence-electron chi connectivity index (χ1n) is 14.6. The third kappa shape index (κ3) is 3.22. The number of allylic oxidation sites excluding steroid dienone is 1. The highest BCUT2D eigenvalue weighted by molar-refractivity contribution is 5.62. The Morgan fingerprint density at radius 3 is 2.61 bits per heavy atom. The molecule has 13 unspecified atom stereocenters. The number of aliphatic hydroxyl groups is 3. The van der Waals surface area contributed by atoms with Crippen LogP contribution in [0.1, 0.15) is 71.6 Å². The predicted octanol–water partition coefficient (Wildman–Crippen LogP) is 2.99. The fourth-order valence-corrected chi connectivity index (χ4v) is 10.3. The zero-order chi connectivity index (χ0) is 26.7. The molecular weight excluding hydrogens is 488 g/mol. The minimum Gasteiger partial charge on any atom is -0.490 e. The highest BCUT2D eigenvalue weighted by Crippen LogP contribution is 2.70. The highest BCUT2D eigenvalue weighted by Gasteiger charge is 2.70. The molecule has 38 heavy (non-hydrogen) atoms. The van der Waals surface area contributed by atoms with Crippen molar-refractivity contribution in [3.8, 4) is 0 Å². The van der Waals surface area contributed by atoms with Gasteiger partial charge in [0.15, 0.2) is 0 Å². The second-order valence-corrected chi connectivity index (χ2v) is 13.7. The van der Waals surface area contributed by atoms with Gasteiger partial charge in [-0.25, -0.2) is 0 Å². The first-order chi connectivity index (χ1) is 18.0. The minimum absolute atomic E-state index is 0.0279. The van der Waals surface area contributed by atoms with Crippen LogP contribution in [0.4, 0.5) is 0 Å². The number of rotatable bonds is 2. The third-order valence-electron chi connectivity index (χ3n) is 12.2. The van der Waals surface area contributed by atoms with E-state index in [-0.39, 0.29) is 47.7 Å². The molecule has 0 bridgehead atoms. The van der Waals surface area contributed by atoms with Gasteiger partial charge >= 0.3 is 0 Å². The van der Waals surface area contributed by atoms with Crippen LogP contribution in [0.5, 0.6) is 0 Å². The van der Waals surface area contributed by atoms with Crippen LogP contribution in [-0.2, 0) is 23.7 Å². The monoisotopic (exact) mass is 530 g/mol. The van der Waals surface area contributed by atoms with Crippen molar-refractivity contribution in [2.75, 3.05) is 6.61 Å². The molecule has 8 nitrogen and oxygen atoms in total. The lowest BCUT2D eigenvalue weighted by atomic mass is 9.42. The van der Waals surface area contributed by atoms with Gasteiger partial charge in [0.1, 0.15) is 24.8 Å². The Labute approximate surface area is 224 Å². The van der Waals surface area contributed by atoms with E-state index in [1.54, 1.807) is 0 Å². The maximum atomic E-state index is 13.2. The highest BCUT2D eigenvalue weighted by atomic mass is 16.8. The van der Waals surface area contributed by atoms with E-state index < -0.39 is 35.3 Å². The summed E-state index contributed by atoms with van der Waals surface area (Å²) in [4.78, 5) is 13.2. The molecule has 0 radical (unpaired) electrons. The summed E-state index contributed by atoms with van der Waals surface area (Å²) < 4.78 is 24.0. The van der Waals surface area contributed by atoms with Crippen LogP contribution in [0, 0.1) is 34.5 Å². The van der Waals surface area contributed by atoms with Crippen molar-refractivity contribution in [1.29, 1.82) is 0 Å². The maximum absolute atomic E-state index is 13.2. The van der Waals surface area contributed by atoms with Gasteiger partial charge in [0.25, 0.3) is 0 Å². The van der Waals surface area contributed by atoms with Gasteiger partial charge in [0.05, 0.1) is 23.9 Å². The Kier molecular flexibility index (Phi) is 5.65. The smallest absolute Gasteiger partial charge is 0.245 e. The van der Waals surface area contributed by atoms with Gasteiger partial charge in [0, 0.05) is 17.3 Å². The van der Waals surface area contributed by atoms with Crippen molar-refractivity contribution in [2.24, 2.45) is 34.5 Å². The number of carbonyl (C=O) groups is 1. The molecule has 0 aromatic rings. The van der Waals surface area contributed by atoms with Crippen LogP contribution in [0.2, 0.25) is 0 Å². The average molecular weight is 531 g/mol. The lowest BCUT2D eigenvalue weighted by Gasteiger charge is -2.64. The molecule has 3 heterocycles. The molecule has 3 aliphatic heterocycles. The van der Waals surface area contributed by atoms with E-state index in [2.05, 4.69) is 19.6 Å². The van der Waals surface area contributed by atoms with Crippen LogP contribution in [0.15, 0.2) is 24.0 Å². The van der Waals surface area contributed by atoms with E-state index in [9.17, 15) is 20.1 Å². The van der Waals surface area contributed by atoms with Gasteiger partial charge in [-0.15, -0.1) is 0 Å². The summed E-state index contributed by atoms with van der Waals surface area (Å²) in [5, 5.41) is 34.5. The van der Waals surface area contributed by atoms with Crippen molar-refractivity contribution < 1.29 is 39.1 Å². The van der Waals surface area contributed by atoms with Gasteiger partial charge < -0.3 is 39.1 Å². The van der Waals surface area contributed by atoms with Crippen molar-refractivity contribution in [3.63, 3.8) is 0 Å². The van der Waals surface area contributed by atoms with Gasteiger partial charge in [-0.3, -0.25) is 0 Å². The first-order valence-corrected chi connectivity index (χ1v) is 14.6. The number of fused-ring (bicyclic) bond motifs is 7. The summed E-state index contributed by atoms with van der Waals surface area (Å²) in [5.74, 6) is -0.787. The molecule has 7 rings (SSSR count). The maximum Gasteiger partial charge on any atom is 0.245 e. The predicted molar refractivity (Wildman–Crippen MR) is 135 cm³/mol. The van der Waals surface area contributed by atoms with Gasteiger partial charge in [0.2, 0.25) is 12.1 Å². The van der Waals surface area contributed by atoms with Crippen LogP contribution in [-0.4, -0.2) is 70.3 Å².